The molecule has 17 unspecified atom stereocenters. The SMILES string of the molecule is CCCCCCCCCC/C=C\CCCCCCCCCCCCCCCCCCCCCCCCCCCCCCCC(=O)NC(COC1OC(CO)C(OC2OC(CO)C(OC3OC(CO)C(O)C(O)C3O)C(O)C2O)C(O)C1O)C(O)/C=C/CC/C=C/CC/C=C/CCCCCCCCCCCCCCC. The van der Waals surface area contributed by atoms with Gasteiger partial charge < -0.3 is 89.9 Å². The molecule has 3 saturated heterocycles. The van der Waals surface area contributed by atoms with Crippen LogP contribution in [0.15, 0.2) is 48.6 Å². The van der Waals surface area contributed by atoms with E-state index in [0.29, 0.717) is 12.8 Å². The molecule has 0 radical (unpaired) electrons. The molecule has 3 aliphatic rings. The summed E-state index contributed by atoms with van der Waals surface area (Å²) in [7, 11) is 0. The molecule has 0 saturated carbocycles. The summed E-state index contributed by atoms with van der Waals surface area (Å²) < 4.78 is 34.5. The smallest absolute Gasteiger partial charge is 0.220 e. The molecule has 19 nitrogen and oxygen atoms in total. The summed E-state index contributed by atoms with van der Waals surface area (Å²) >= 11 is 0. The highest BCUT2D eigenvalue weighted by molar-refractivity contribution is 5.76. The Labute approximate surface area is 663 Å². The normalized spacial score (nSPS) is 25.5. The second kappa shape index (κ2) is 70.0. The maximum Gasteiger partial charge on any atom is 0.220 e. The predicted octanol–water partition coefficient (Wildman–Crippen LogP) is 17.2. The molecule has 3 fully saturated rings. The molecule has 1 amide bonds. The lowest BCUT2D eigenvalue weighted by atomic mass is 9.96. The van der Waals surface area contributed by atoms with Gasteiger partial charge in [-0.1, -0.05) is 358 Å². The number of rotatable bonds is 74. The summed E-state index contributed by atoms with van der Waals surface area (Å²) in [6.45, 7) is 1.76. The molecule has 19 heteroatoms. The summed E-state index contributed by atoms with van der Waals surface area (Å²) in [5.41, 5.74) is 0. The van der Waals surface area contributed by atoms with Gasteiger partial charge in [-0.2, -0.15) is 0 Å². The van der Waals surface area contributed by atoms with Crippen molar-refractivity contribution in [3.8, 4) is 0 Å². The number of carbonyl (C=O) groups is 1. The average molecular weight is 1550 g/mol. The van der Waals surface area contributed by atoms with Crippen molar-refractivity contribution in [1.82, 2.24) is 5.32 Å². The van der Waals surface area contributed by atoms with E-state index in [2.05, 4.69) is 55.6 Å². The Hall–Kier alpha value is -2.25. The zero-order valence-corrected chi connectivity index (χ0v) is 69.1. The Kier molecular flexibility index (Phi) is 64.8. The van der Waals surface area contributed by atoms with E-state index in [4.69, 9.17) is 28.4 Å². The van der Waals surface area contributed by atoms with E-state index >= 15 is 0 Å². The molecule has 640 valence electrons. The van der Waals surface area contributed by atoms with Gasteiger partial charge in [0.2, 0.25) is 5.91 Å². The fourth-order valence-corrected chi connectivity index (χ4v) is 15.3. The Bertz CT molecular complexity index is 2150. The van der Waals surface area contributed by atoms with Gasteiger partial charge in [0.05, 0.1) is 38.6 Å². The average Bonchev–Trinajstić information content (AvgIpc) is 0.760. The highest BCUT2D eigenvalue weighted by Crippen LogP contribution is 2.34. The number of aliphatic hydroxyl groups is 11. The van der Waals surface area contributed by atoms with Crippen LogP contribution in [0.5, 0.6) is 0 Å². The second-order valence-electron chi connectivity index (χ2n) is 32.4. The van der Waals surface area contributed by atoms with Crippen LogP contribution in [0.4, 0.5) is 0 Å². The molecule has 0 aromatic heterocycles. The molecule has 3 aliphatic heterocycles. The lowest BCUT2D eigenvalue weighted by molar-refractivity contribution is -0.379. The number of nitrogens with one attached hydrogen (secondary N) is 1. The summed E-state index contributed by atoms with van der Waals surface area (Å²) in [5, 5.41) is 121. The molecule has 0 aliphatic carbocycles. The summed E-state index contributed by atoms with van der Waals surface area (Å²) in [6, 6.07) is -0.997. The van der Waals surface area contributed by atoms with Crippen LogP contribution in [0.3, 0.4) is 0 Å². The molecule has 17 atom stereocenters. The fraction of sp³-hybridized carbons (Fsp3) is 0.900. The Morgan fingerprint density at radius 1 is 0.321 bits per heavy atom. The van der Waals surface area contributed by atoms with Crippen molar-refractivity contribution in [2.75, 3.05) is 26.4 Å². The van der Waals surface area contributed by atoms with E-state index in [9.17, 15) is 61.0 Å². The molecule has 3 heterocycles. The number of allylic oxidation sites excluding steroid dienone is 7. The van der Waals surface area contributed by atoms with Crippen molar-refractivity contribution in [3.63, 3.8) is 0 Å². The predicted molar refractivity (Wildman–Crippen MR) is 439 cm³/mol. The largest absolute Gasteiger partial charge is 0.394 e. The standard InChI is InChI=1S/C90H167NO18/c1-3-5-7-9-11-13-15-17-19-21-23-25-27-28-29-30-31-32-33-34-35-36-37-38-39-40-41-42-43-44-46-48-50-52-54-56-58-60-62-64-66-68-78(96)91-73(74(95)67-65-63-61-59-57-55-53-51-49-47-45-26-24-22-20-18-16-14-12-10-8-6-4-2)72-104-88-84(102)81(99)86(76(70-93)106-88)109-90-85(103)82(100)87(77(71-94)107-90)108-89-83(101)80(98)79(97)75(69-92)105-89/h21,23,49,51,57,59,65,67,73-77,79-90,92-95,97-103H,3-20,22,24-48,50,52-56,58,60-64,66,68-72H2,1-2H3,(H,91,96)/b23-21-,51-49+,59-57+,67-65+. The van der Waals surface area contributed by atoms with E-state index in [0.717, 1.165) is 44.9 Å². The Balaban J connectivity index is 1.30. The van der Waals surface area contributed by atoms with Gasteiger partial charge in [-0.15, -0.1) is 0 Å². The highest BCUT2D eigenvalue weighted by Gasteiger charge is 2.54. The van der Waals surface area contributed by atoms with Crippen LogP contribution in [-0.2, 0) is 33.2 Å². The monoisotopic (exact) mass is 1550 g/mol. The minimum absolute atomic E-state index is 0.236. The van der Waals surface area contributed by atoms with Crippen LogP contribution in [0.2, 0.25) is 0 Å². The van der Waals surface area contributed by atoms with Crippen LogP contribution in [0, 0.1) is 0 Å². The molecule has 0 bridgehead atoms. The third-order valence-electron chi connectivity index (χ3n) is 22.6. The van der Waals surface area contributed by atoms with Gasteiger partial charge in [0.25, 0.3) is 0 Å². The summed E-state index contributed by atoms with van der Waals surface area (Å²) in [6.07, 6.45) is 64.3. The van der Waals surface area contributed by atoms with E-state index in [-0.39, 0.29) is 18.9 Å². The first-order chi connectivity index (χ1) is 53.3. The molecule has 109 heavy (non-hydrogen) atoms. The zero-order chi connectivity index (χ0) is 78.8. The molecular weight excluding hydrogens is 1380 g/mol. The lowest BCUT2D eigenvalue weighted by Crippen LogP contribution is -2.66. The third kappa shape index (κ3) is 48.8. The summed E-state index contributed by atoms with van der Waals surface area (Å²) in [5.74, 6) is -0.282. The zero-order valence-electron chi connectivity index (χ0n) is 69.1. The lowest BCUT2D eigenvalue weighted by Gasteiger charge is -2.48. The van der Waals surface area contributed by atoms with Crippen molar-refractivity contribution in [3.05, 3.63) is 48.6 Å². The first kappa shape index (κ1) is 101. The van der Waals surface area contributed by atoms with Gasteiger partial charge >= 0.3 is 0 Å². The van der Waals surface area contributed by atoms with Crippen LogP contribution in [0.1, 0.15) is 386 Å². The Morgan fingerprint density at radius 2 is 0.587 bits per heavy atom. The third-order valence-corrected chi connectivity index (χ3v) is 22.6. The Morgan fingerprint density at radius 3 is 0.917 bits per heavy atom. The first-order valence-corrected chi connectivity index (χ1v) is 45.4. The minimum atomic E-state index is -1.98. The van der Waals surface area contributed by atoms with Crippen molar-refractivity contribution >= 4 is 5.91 Å². The molecule has 0 aromatic rings. The van der Waals surface area contributed by atoms with Crippen molar-refractivity contribution in [1.29, 1.82) is 0 Å². The number of amides is 1. The molecule has 0 spiro atoms. The van der Waals surface area contributed by atoms with Crippen molar-refractivity contribution in [2.24, 2.45) is 0 Å². The van der Waals surface area contributed by atoms with Crippen LogP contribution >= 0.6 is 0 Å². The molecule has 12 N–H and O–H groups in total. The molecule has 0 aromatic carbocycles. The van der Waals surface area contributed by atoms with Gasteiger partial charge in [0.15, 0.2) is 18.9 Å². The summed E-state index contributed by atoms with van der Waals surface area (Å²) in [4.78, 5) is 13.5. The second-order valence-corrected chi connectivity index (χ2v) is 32.4. The number of ether oxygens (including phenoxy) is 6. The van der Waals surface area contributed by atoms with Crippen LogP contribution in [0.25, 0.3) is 0 Å². The molecular formula is C90H167NO18. The van der Waals surface area contributed by atoms with Gasteiger partial charge in [0.1, 0.15) is 73.2 Å². The number of unbranched alkanes of at least 4 members (excludes halogenated alkanes) is 52. The van der Waals surface area contributed by atoms with Crippen LogP contribution in [-0.4, -0.2) is 193 Å². The van der Waals surface area contributed by atoms with Gasteiger partial charge in [-0.25, -0.2) is 0 Å². The van der Waals surface area contributed by atoms with Gasteiger partial charge in [-0.3, -0.25) is 4.79 Å². The van der Waals surface area contributed by atoms with Crippen molar-refractivity contribution < 1.29 is 89.4 Å². The molecule has 3 rings (SSSR count). The number of hydrogen-bond acceptors (Lipinski definition) is 18. The fourth-order valence-electron chi connectivity index (χ4n) is 15.3. The van der Waals surface area contributed by atoms with E-state index < -0.39 is 124 Å². The van der Waals surface area contributed by atoms with Gasteiger partial charge in [-0.05, 0) is 70.6 Å². The van der Waals surface area contributed by atoms with E-state index in [1.54, 1.807) is 6.08 Å². The maximum absolute atomic E-state index is 13.5. The van der Waals surface area contributed by atoms with Crippen molar-refractivity contribution in [2.45, 2.75) is 491 Å². The minimum Gasteiger partial charge on any atom is -0.394 e. The number of hydrogen-bond donors (Lipinski definition) is 12. The van der Waals surface area contributed by atoms with Gasteiger partial charge in [0, 0.05) is 6.42 Å². The number of aliphatic hydroxyl groups excluding tert-OH is 11. The first-order valence-electron chi connectivity index (χ1n) is 45.4. The van der Waals surface area contributed by atoms with E-state index in [1.807, 2.05) is 6.08 Å². The highest BCUT2D eigenvalue weighted by atomic mass is 16.8. The maximum atomic E-state index is 13.5. The van der Waals surface area contributed by atoms with E-state index in [1.165, 1.54) is 308 Å². The quantitative estimate of drug-likeness (QED) is 0.0199. The topological polar surface area (TPSA) is 307 Å². The number of carbonyl (C=O) groups excluding carboxylic acids is 1. The van der Waals surface area contributed by atoms with Crippen LogP contribution < -0.4 is 5.32 Å².